The van der Waals surface area contributed by atoms with Gasteiger partial charge >= 0.3 is 0 Å². The summed E-state index contributed by atoms with van der Waals surface area (Å²) < 4.78 is 6.87. The zero-order valence-corrected chi connectivity index (χ0v) is 30.3. The molecule has 0 radical (unpaired) electrons. The number of rotatable bonds is 4. The molecule has 2 aliphatic rings. The predicted octanol–water partition coefficient (Wildman–Crippen LogP) is 12.4. The van der Waals surface area contributed by atoms with Crippen LogP contribution in [0.5, 0.6) is 0 Å². The highest BCUT2D eigenvalue weighted by atomic mass is 16.3. The second-order valence-corrected chi connectivity index (χ2v) is 15.3. The first-order valence-electron chi connectivity index (χ1n) is 18.6. The van der Waals surface area contributed by atoms with Crippen LogP contribution in [0, 0.1) is 0 Å². The molecule has 9 aromatic rings. The molecule has 0 fully saturated rings. The van der Waals surface area contributed by atoms with Gasteiger partial charge in [-0.25, -0.2) is 15.0 Å². The Morgan fingerprint density at radius 2 is 1.06 bits per heavy atom. The molecule has 256 valence electrons. The van der Waals surface area contributed by atoms with E-state index in [4.69, 9.17) is 19.4 Å². The zero-order valence-electron chi connectivity index (χ0n) is 30.3. The van der Waals surface area contributed by atoms with Crippen LogP contribution in [0.1, 0.15) is 48.6 Å². The van der Waals surface area contributed by atoms with Crippen molar-refractivity contribution in [1.29, 1.82) is 0 Å². The van der Waals surface area contributed by atoms with Crippen molar-refractivity contribution in [2.45, 2.75) is 31.6 Å². The summed E-state index contributed by atoms with van der Waals surface area (Å²) in [5.74, 6) is 1.84. The Morgan fingerprint density at radius 3 is 1.85 bits per heavy atom. The van der Waals surface area contributed by atoms with E-state index in [-0.39, 0.29) is 5.41 Å². The van der Waals surface area contributed by atoms with Crippen LogP contribution >= 0.6 is 0 Å². The number of nitrogens with zero attached hydrogens (tertiary/aromatic N) is 3. The summed E-state index contributed by atoms with van der Waals surface area (Å²) in [6.07, 6.45) is 0. The average Bonchev–Trinajstić information content (AvgIpc) is 3.82. The van der Waals surface area contributed by atoms with E-state index >= 15 is 0 Å². The summed E-state index contributed by atoms with van der Waals surface area (Å²) in [7, 11) is 0. The van der Waals surface area contributed by atoms with Crippen molar-refractivity contribution in [3.8, 4) is 56.4 Å². The fourth-order valence-corrected chi connectivity index (χ4v) is 9.29. The van der Waals surface area contributed by atoms with Crippen molar-refractivity contribution < 1.29 is 4.42 Å². The fraction of sp³-hybridized carbons (Fsp3) is 0.100. The second kappa shape index (κ2) is 11.2. The second-order valence-electron chi connectivity index (χ2n) is 15.3. The molecule has 4 heteroatoms. The maximum absolute atomic E-state index is 6.87. The molecule has 0 aliphatic heterocycles. The Morgan fingerprint density at radius 1 is 0.444 bits per heavy atom. The Bertz CT molecular complexity index is 2980. The lowest BCUT2D eigenvalue weighted by atomic mass is 9.74. The van der Waals surface area contributed by atoms with Crippen LogP contribution in [0.4, 0.5) is 0 Å². The fourth-order valence-electron chi connectivity index (χ4n) is 9.29. The molecule has 0 spiro atoms. The molecule has 2 aliphatic carbocycles. The summed E-state index contributed by atoms with van der Waals surface area (Å²) >= 11 is 0. The van der Waals surface area contributed by atoms with Crippen LogP contribution < -0.4 is 0 Å². The van der Waals surface area contributed by atoms with E-state index in [0.29, 0.717) is 17.5 Å². The molecule has 7 aromatic carbocycles. The van der Waals surface area contributed by atoms with Crippen molar-refractivity contribution in [2.24, 2.45) is 0 Å². The number of furan rings is 1. The standard InChI is InChI=1S/C50H35N3O/c1-49(2)38-23-13-10-20-33(38)34-27-26-31(28-40(34)49)47-51-46(30-16-6-4-7-17-30)52-48(53-47)37-29-41-43(44-36-22-12-15-25-42(36)54-45(37)44)35-21-11-14-24-39(35)50(41,3)32-18-8-5-9-19-32/h4-29H,1-3H3. The van der Waals surface area contributed by atoms with Gasteiger partial charge in [-0.05, 0) is 75.2 Å². The molecule has 11 rings (SSSR count). The highest BCUT2D eigenvalue weighted by Gasteiger charge is 2.43. The largest absolute Gasteiger partial charge is 0.455 e. The van der Waals surface area contributed by atoms with Gasteiger partial charge in [0.15, 0.2) is 17.5 Å². The van der Waals surface area contributed by atoms with Gasteiger partial charge in [-0.1, -0.05) is 153 Å². The van der Waals surface area contributed by atoms with Crippen LogP contribution in [0.3, 0.4) is 0 Å². The van der Waals surface area contributed by atoms with Gasteiger partial charge in [0.1, 0.15) is 11.2 Å². The third kappa shape index (κ3) is 4.22. The first kappa shape index (κ1) is 30.9. The molecule has 1 atom stereocenters. The first-order chi connectivity index (χ1) is 26.4. The maximum atomic E-state index is 6.87. The summed E-state index contributed by atoms with van der Waals surface area (Å²) in [6, 6.07) is 55.9. The topological polar surface area (TPSA) is 51.8 Å². The van der Waals surface area contributed by atoms with Crippen LogP contribution in [-0.4, -0.2) is 15.0 Å². The van der Waals surface area contributed by atoms with Crippen LogP contribution in [-0.2, 0) is 10.8 Å². The maximum Gasteiger partial charge on any atom is 0.167 e. The summed E-state index contributed by atoms with van der Waals surface area (Å²) in [5, 5.41) is 2.17. The van der Waals surface area contributed by atoms with E-state index < -0.39 is 5.41 Å². The molecule has 4 nitrogen and oxygen atoms in total. The van der Waals surface area contributed by atoms with Gasteiger partial charge in [-0.15, -0.1) is 0 Å². The number of benzene rings is 7. The Kier molecular flexibility index (Phi) is 6.40. The van der Waals surface area contributed by atoms with Crippen molar-refractivity contribution in [2.75, 3.05) is 0 Å². The van der Waals surface area contributed by atoms with Crippen LogP contribution in [0.25, 0.3) is 78.4 Å². The van der Waals surface area contributed by atoms with Gasteiger partial charge < -0.3 is 4.42 Å². The zero-order chi connectivity index (χ0) is 36.2. The Labute approximate surface area is 313 Å². The third-order valence-corrected chi connectivity index (χ3v) is 12.0. The highest BCUT2D eigenvalue weighted by Crippen LogP contribution is 2.57. The minimum Gasteiger partial charge on any atom is -0.455 e. The van der Waals surface area contributed by atoms with Crippen LogP contribution in [0.2, 0.25) is 0 Å². The van der Waals surface area contributed by atoms with Crippen LogP contribution in [0.15, 0.2) is 162 Å². The number of aromatic nitrogens is 3. The molecular weight excluding hydrogens is 659 g/mol. The highest BCUT2D eigenvalue weighted by molar-refractivity contribution is 6.18. The molecule has 0 amide bonds. The molecule has 2 heterocycles. The summed E-state index contributed by atoms with van der Waals surface area (Å²) in [6.45, 7) is 6.96. The summed E-state index contributed by atoms with van der Waals surface area (Å²) in [5.41, 5.74) is 15.1. The molecule has 0 bridgehead atoms. The molecule has 2 aromatic heterocycles. The molecular formula is C50H35N3O. The summed E-state index contributed by atoms with van der Waals surface area (Å²) in [4.78, 5) is 15.8. The lowest BCUT2D eigenvalue weighted by molar-refractivity contribution is 0.660. The van der Waals surface area contributed by atoms with Crippen molar-refractivity contribution >= 4 is 21.9 Å². The average molecular weight is 694 g/mol. The van der Waals surface area contributed by atoms with Gasteiger partial charge in [0.25, 0.3) is 0 Å². The monoisotopic (exact) mass is 693 g/mol. The van der Waals surface area contributed by atoms with Gasteiger partial charge in [0.05, 0.1) is 5.56 Å². The normalized spacial score (nSPS) is 16.3. The SMILES string of the molecule is CC1(C)c2ccccc2-c2ccc(-c3nc(-c4ccccc4)nc(-c4cc5c(c6c4oc4ccccc46)-c4ccccc4C5(C)c4ccccc4)n3)cc21. The van der Waals surface area contributed by atoms with E-state index in [2.05, 4.69) is 154 Å². The van der Waals surface area contributed by atoms with Gasteiger partial charge in [-0.2, -0.15) is 0 Å². The lowest BCUT2D eigenvalue weighted by Gasteiger charge is -2.28. The smallest absolute Gasteiger partial charge is 0.167 e. The molecule has 0 saturated heterocycles. The van der Waals surface area contributed by atoms with Gasteiger partial charge in [-0.3, -0.25) is 0 Å². The number of hydrogen-bond acceptors (Lipinski definition) is 4. The van der Waals surface area contributed by atoms with E-state index in [1.54, 1.807) is 0 Å². The lowest BCUT2D eigenvalue weighted by Crippen LogP contribution is -2.22. The predicted molar refractivity (Wildman–Crippen MR) is 218 cm³/mol. The minimum atomic E-state index is -0.423. The molecule has 0 N–H and O–H groups in total. The first-order valence-corrected chi connectivity index (χ1v) is 18.6. The Balaban J connectivity index is 1.21. The molecule has 0 saturated carbocycles. The van der Waals surface area contributed by atoms with Crippen molar-refractivity contribution in [3.63, 3.8) is 0 Å². The molecule has 1 unspecified atom stereocenters. The third-order valence-electron chi connectivity index (χ3n) is 12.0. The quantitative estimate of drug-likeness (QED) is 0.184. The number of fused-ring (bicyclic) bond motifs is 10. The van der Waals surface area contributed by atoms with Gasteiger partial charge in [0, 0.05) is 32.7 Å². The van der Waals surface area contributed by atoms with Crippen molar-refractivity contribution in [3.05, 3.63) is 186 Å². The number of para-hydroxylation sites is 1. The minimum absolute atomic E-state index is 0.155. The van der Waals surface area contributed by atoms with E-state index in [0.717, 1.165) is 38.6 Å². The number of hydrogen-bond donors (Lipinski definition) is 0. The van der Waals surface area contributed by atoms with E-state index in [9.17, 15) is 0 Å². The van der Waals surface area contributed by atoms with Gasteiger partial charge in [0.2, 0.25) is 0 Å². The molecule has 54 heavy (non-hydrogen) atoms. The van der Waals surface area contributed by atoms with Crippen molar-refractivity contribution in [1.82, 2.24) is 15.0 Å². The Hall–Kier alpha value is -6.65. The van der Waals surface area contributed by atoms with E-state index in [1.807, 2.05) is 24.3 Å². The van der Waals surface area contributed by atoms with E-state index in [1.165, 1.54) is 50.1 Å².